The molecule has 1 aliphatic heterocycles. The third kappa shape index (κ3) is 3.17. The molecular formula is C16H26N2O2. The number of aromatic nitrogens is 2. The van der Waals surface area contributed by atoms with Crippen LogP contribution in [0.25, 0.3) is 0 Å². The van der Waals surface area contributed by atoms with E-state index in [-0.39, 0.29) is 11.7 Å². The summed E-state index contributed by atoms with van der Waals surface area (Å²) in [5, 5.41) is 4.29. The van der Waals surface area contributed by atoms with Gasteiger partial charge in [0.2, 0.25) is 0 Å². The molecule has 112 valence electrons. The molecule has 1 saturated heterocycles. The molecule has 2 fully saturated rings. The largest absolute Gasteiger partial charge is 0.488 e. The second kappa shape index (κ2) is 6.17. The standard InChI is InChI=1S/C16H26N2O2/c1-2-10-18-12-15(11-17-18)19-13-14-6-9-16(20-14)7-4-3-5-8-16/h11-12,14H,2-10,13H2,1H3. The molecule has 3 rings (SSSR count). The van der Waals surface area contributed by atoms with Gasteiger partial charge in [-0.3, -0.25) is 4.68 Å². The quantitative estimate of drug-likeness (QED) is 0.826. The highest BCUT2D eigenvalue weighted by Crippen LogP contribution is 2.41. The van der Waals surface area contributed by atoms with Crippen molar-refractivity contribution in [3.63, 3.8) is 0 Å². The van der Waals surface area contributed by atoms with Gasteiger partial charge in [0.05, 0.1) is 24.1 Å². The van der Waals surface area contributed by atoms with Crippen LogP contribution < -0.4 is 4.74 Å². The first-order valence-corrected chi connectivity index (χ1v) is 8.13. The van der Waals surface area contributed by atoms with Gasteiger partial charge in [-0.1, -0.05) is 26.2 Å². The minimum absolute atomic E-state index is 0.193. The molecular weight excluding hydrogens is 252 g/mol. The molecule has 1 saturated carbocycles. The van der Waals surface area contributed by atoms with E-state index in [1.807, 2.05) is 10.9 Å². The van der Waals surface area contributed by atoms with Crippen LogP contribution in [0.2, 0.25) is 0 Å². The summed E-state index contributed by atoms with van der Waals surface area (Å²) in [5.41, 5.74) is 0.193. The lowest BCUT2D eigenvalue weighted by atomic mass is 9.83. The second-order valence-corrected chi connectivity index (χ2v) is 6.27. The summed E-state index contributed by atoms with van der Waals surface area (Å²) in [6.45, 7) is 3.77. The zero-order valence-electron chi connectivity index (χ0n) is 12.5. The molecule has 1 aromatic heterocycles. The normalized spacial score (nSPS) is 25.1. The summed E-state index contributed by atoms with van der Waals surface area (Å²) in [4.78, 5) is 0. The first-order chi connectivity index (χ1) is 9.80. The Morgan fingerprint density at radius 3 is 3.00 bits per heavy atom. The van der Waals surface area contributed by atoms with Crippen LogP contribution in [0.4, 0.5) is 0 Å². The van der Waals surface area contributed by atoms with E-state index in [2.05, 4.69) is 12.0 Å². The highest BCUT2D eigenvalue weighted by Gasteiger charge is 2.40. The van der Waals surface area contributed by atoms with E-state index < -0.39 is 0 Å². The fraction of sp³-hybridized carbons (Fsp3) is 0.812. The first kappa shape index (κ1) is 13.9. The molecule has 1 spiro atoms. The Labute approximate surface area is 121 Å². The Morgan fingerprint density at radius 2 is 2.20 bits per heavy atom. The monoisotopic (exact) mass is 278 g/mol. The zero-order chi connectivity index (χ0) is 13.8. The number of nitrogens with zero attached hydrogens (tertiary/aromatic N) is 2. The topological polar surface area (TPSA) is 36.3 Å². The molecule has 20 heavy (non-hydrogen) atoms. The number of rotatable bonds is 5. The third-order valence-corrected chi connectivity index (χ3v) is 4.60. The van der Waals surface area contributed by atoms with E-state index in [1.54, 1.807) is 6.20 Å². The van der Waals surface area contributed by atoms with Crippen molar-refractivity contribution < 1.29 is 9.47 Å². The van der Waals surface area contributed by atoms with Crippen LogP contribution in [0.3, 0.4) is 0 Å². The molecule has 1 unspecified atom stereocenters. The fourth-order valence-corrected chi connectivity index (χ4v) is 3.54. The molecule has 0 bridgehead atoms. The van der Waals surface area contributed by atoms with Gasteiger partial charge in [-0.25, -0.2) is 0 Å². The van der Waals surface area contributed by atoms with Crippen LogP contribution in [0.1, 0.15) is 58.3 Å². The van der Waals surface area contributed by atoms with Crippen molar-refractivity contribution in [2.75, 3.05) is 6.61 Å². The fourth-order valence-electron chi connectivity index (χ4n) is 3.54. The predicted molar refractivity (Wildman–Crippen MR) is 77.9 cm³/mol. The molecule has 1 atom stereocenters. The Balaban J connectivity index is 1.47. The number of hydrogen-bond acceptors (Lipinski definition) is 3. The lowest BCUT2D eigenvalue weighted by Crippen LogP contribution is -2.32. The minimum atomic E-state index is 0.193. The lowest BCUT2D eigenvalue weighted by molar-refractivity contribution is -0.0748. The highest BCUT2D eigenvalue weighted by molar-refractivity contribution is 5.11. The van der Waals surface area contributed by atoms with E-state index in [4.69, 9.17) is 9.47 Å². The molecule has 2 aliphatic rings. The Morgan fingerprint density at radius 1 is 1.35 bits per heavy atom. The summed E-state index contributed by atoms with van der Waals surface area (Å²) in [6, 6.07) is 0. The molecule has 0 amide bonds. The molecule has 0 radical (unpaired) electrons. The van der Waals surface area contributed by atoms with Crippen LogP contribution in [-0.4, -0.2) is 28.1 Å². The van der Waals surface area contributed by atoms with Gasteiger partial charge in [-0.05, 0) is 32.1 Å². The van der Waals surface area contributed by atoms with Gasteiger partial charge in [-0.15, -0.1) is 0 Å². The van der Waals surface area contributed by atoms with Gasteiger partial charge >= 0.3 is 0 Å². The molecule has 2 heterocycles. The number of ether oxygens (including phenoxy) is 2. The zero-order valence-corrected chi connectivity index (χ0v) is 12.5. The van der Waals surface area contributed by atoms with Gasteiger partial charge in [0.25, 0.3) is 0 Å². The van der Waals surface area contributed by atoms with Crippen molar-refractivity contribution in [1.29, 1.82) is 0 Å². The second-order valence-electron chi connectivity index (χ2n) is 6.27. The smallest absolute Gasteiger partial charge is 0.157 e. The first-order valence-electron chi connectivity index (χ1n) is 8.13. The maximum absolute atomic E-state index is 6.31. The highest BCUT2D eigenvalue weighted by atomic mass is 16.6. The van der Waals surface area contributed by atoms with Crippen LogP contribution in [0, 0.1) is 0 Å². The average molecular weight is 278 g/mol. The average Bonchev–Trinajstić information content (AvgIpc) is 3.06. The van der Waals surface area contributed by atoms with Crippen molar-refractivity contribution in [3.05, 3.63) is 12.4 Å². The summed E-state index contributed by atoms with van der Waals surface area (Å²) in [6.07, 6.45) is 14.0. The van der Waals surface area contributed by atoms with Gasteiger partial charge in [0.15, 0.2) is 5.75 Å². The summed E-state index contributed by atoms with van der Waals surface area (Å²) in [5.74, 6) is 0.867. The molecule has 4 nitrogen and oxygen atoms in total. The van der Waals surface area contributed by atoms with Crippen LogP contribution in [0.15, 0.2) is 12.4 Å². The Hall–Kier alpha value is -1.03. The van der Waals surface area contributed by atoms with Crippen molar-refractivity contribution in [2.24, 2.45) is 0 Å². The summed E-state index contributed by atoms with van der Waals surface area (Å²) < 4.78 is 14.1. The van der Waals surface area contributed by atoms with Crippen molar-refractivity contribution >= 4 is 0 Å². The van der Waals surface area contributed by atoms with E-state index in [1.165, 1.54) is 38.5 Å². The van der Waals surface area contributed by atoms with Crippen LogP contribution in [0.5, 0.6) is 5.75 Å². The van der Waals surface area contributed by atoms with E-state index in [0.717, 1.165) is 25.1 Å². The van der Waals surface area contributed by atoms with Gasteiger partial charge in [-0.2, -0.15) is 5.10 Å². The van der Waals surface area contributed by atoms with E-state index >= 15 is 0 Å². The Kier molecular flexibility index (Phi) is 4.29. The molecule has 1 aromatic rings. The van der Waals surface area contributed by atoms with Crippen molar-refractivity contribution in [1.82, 2.24) is 9.78 Å². The van der Waals surface area contributed by atoms with Crippen LogP contribution in [-0.2, 0) is 11.3 Å². The lowest BCUT2D eigenvalue weighted by Gasteiger charge is -2.33. The van der Waals surface area contributed by atoms with Gasteiger partial charge in [0.1, 0.15) is 6.61 Å². The maximum Gasteiger partial charge on any atom is 0.157 e. The number of aryl methyl sites for hydroxylation is 1. The Bertz CT molecular complexity index is 424. The van der Waals surface area contributed by atoms with E-state index in [0.29, 0.717) is 6.61 Å². The minimum Gasteiger partial charge on any atom is -0.488 e. The van der Waals surface area contributed by atoms with Gasteiger partial charge < -0.3 is 9.47 Å². The molecule has 1 aliphatic carbocycles. The summed E-state index contributed by atoms with van der Waals surface area (Å²) >= 11 is 0. The van der Waals surface area contributed by atoms with Crippen molar-refractivity contribution in [3.8, 4) is 5.75 Å². The van der Waals surface area contributed by atoms with Crippen LogP contribution >= 0.6 is 0 Å². The molecule has 4 heteroatoms. The van der Waals surface area contributed by atoms with Crippen molar-refractivity contribution in [2.45, 2.75) is 76.5 Å². The third-order valence-electron chi connectivity index (χ3n) is 4.60. The molecule has 0 N–H and O–H groups in total. The SMILES string of the molecule is CCCn1cc(OCC2CCC3(CCCCC3)O2)cn1. The maximum atomic E-state index is 6.31. The van der Waals surface area contributed by atoms with Gasteiger partial charge in [0, 0.05) is 6.54 Å². The predicted octanol–water partition coefficient (Wildman–Crippen LogP) is 3.55. The van der Waals surface area contributed by atoms with E-state index in [9.17, 15) is 0 Å². The molecule has 0 aromatic carbocycles. The summed E-state index contributed by atoms with van der Waals surface area (Å²) in [7, 11) is 0. The number of hydrogen-bond donors (Lipinski definition) is 0.